The lowest BCUT2D eigenvalue weighted by Gasteiger charge is -2.44. The third-order valence-electron chi connectivity index (χ3n) is 7.90. The van der Waals surface area contributed by atoms with E-state index in [2.05, 4.69) is 4.90 Å². The van der Waals surface area contributed by atoms with E-state index in [1.54, 1.807) is 6.92 Å². The largest absolute Gasteiger partial charge is 0.468 e. The van der Waals surface area contributed by atoms with Crippen LogP contribution in [0.5, 0.6) is 0 Å². The highest BCUT2D eigenvalue weighted by Crippen LogP contribution is 2.58. The van der Waals surface area contributed by atoms with E-state index in [4.69, 9.17) is 4.74 Å². The molecule has 0 aromatic heterocycles. The van der Waals surface area contributed by atoms with Gasteiger partial charge in [-0.3, -0.25) is 29.0 Å². The molecule has 0 spiro atoms. The van der Waals surface area contributed by atoms with E-state index in [1.807, 2.05) is 48.5 Å². The van der Waals surface area contributed by atoms with Crippen LogP contribution in [-0.4, -0.2) is 59.6 Å². The average molecular weight is 461 g/mol. The number of ketones is 1. The molecule has 2 aromatic carbocycles. The molecule has 3 saturated heterocycles. The number of Topliss-reactive ketones (excluding diaryl/α,β-unsaturated/α-hetero) is 1. The van der Waals surface area contributed by atoms with Crippen molar-refractivity contribution in [1.29, 1.82) is 0 Å². The molecular weight excluding hydrogens is 432 g/mol. The molecule has 0 radical (unpaired) electrons. The highest BCUT2D eigenvalue weighted by atomic mass is 16.5. The van der Waals surface area contributed by atoms with Crippen LogP contribution < -0.4 is 0 Å². The summed E-state index contributed by atoms with van der Waals surface area (Å²) >= 11 is 0. The third-order valence-corrected chi connectivity index (χ3v) is 7.90. The predicted octanol–water partition coefficient (Wildman–Crippen LogP) is 3.24. The first-order valence-electron chi connectivity index (χ1n) is 11.7. The Bertz CT molecular complexity index is 1170. The molecule has 5 rings (SSSR count). The SMILES string of the molecule is COC(=O)[C@@]12CCCCN1[C@H](c1ccc(-c3ccc(C(C)=O)cc3)cc1)[C@@H]1C(=O)N(C)C(=O)[C@@H]12. The first-order valence-corrected chi connectivity index (χ1v) is 11.7. The van der Waals surface area contributed by atoms with Gasteiger partial charge in [-0.25, -0.2) is 0 Å². The van der Waals surface area contributed by atoms with Gasteiger partial charge < -0.3 is 4.74 Å². The van der Waals surface area contributed by atoms with Crippen molar-refractivity contribution in [2.24, 2.45) is 11.8 Å². The van der Waals surface area contributed by atoms with Gasteiger partial charge in [0.15, 0.2) is 5.78 Å². The normalized spacial score (nSPS) is 28.6. The number of rotatable bonds is 4. The van der Waals surface area contributed by atoms with Crippen molar-refractivity contribution >= 4 is 23.6 Å². The van der Waals surface area contributed by atoms with Crippen molar-refractivity contribution in [3.8, 4) is 11.1 Å². The minimum absolute atomic E-state index is 0.0223. The second-order valence-electron chi connectivity index (χ2n) is 9.51. The number of fused-ring (bicyclic) bond motifs is 3. The molecule has 7 nitrogen and oxygen atoms in total. The van der Waals surface area contributed by atoms with Gasteiger partial charge in [-0.05, 0) is 49.4 Å². The number of methoxy groups -OCH3 is 1. The molecule has 3 heterocycles. The Morgan fingerprint density at radius 2 is 1.56 bits per heavy atom. The molecular formula is C27H28N2O5. The van der Waals surface area contributed by atoms with E-state index in [0.717, 1.165) is 29.5 Å². The Hall–Kier alpha value is -3.32. The predicted molar refractivity (Wildman–Crippen MR) is 125 cm³/mol. The summed E-state index contributed by atoms with van der Waals surface area (Å²) in [7, 11) is 2.86. The molecule has 3 aliphatic heterocycles. The summed E-state index contributed by atoms with van der Waals surface area (Å²) < 4.78 is 5.22. The van der Waals surface area contributed by atoms with Gasteiger partial charge >= 0.3 is 5.97 Å². The molecule has 0 bridgehead atoms. The number of carbonyl (C=O) groups is 4. The maximum atomic E-state index is 13.3. The second-order valence-corrected chi connectivity index (χ2v) is 9.51. The Balaban J connectivity index is 1.56. The molecule has 2 amide bonds. The number of hydrogen-bond donors (Lipinski definition) is 0. The molecule has 0 aliphatic carbocycles. The smallest absolute Gasteiger partial charge is 0.327 e. The maximum absolute atomic E-state index is 13.3. The van der Waals surface area contributed by atoms with Crippen molar-refractivity contribution in [2.75, 3.05) is 20.7 Å². The van der Waals surface area contributed by atoms with Crippen LogP contribution >= 0.6 is 0 Å². The summed E-state index contributed by atoms with van der Waals surface area (Å²) in [5.41, 5.74) is 2.42. The molecule has 3 aliphatic rings. The number of amides is 2. The fourth-order valence-electron chi connectivity index (χ4n) is 6.27. The van der Waals surface area contributed by atoms with E-state index >= 15 is 0 Å². The van der Waals surface area contributed by atoms with Crippen molar-refractivity contribution in [2.45, 2.75) is 37.8 Å². The first-order chi connectivity index (χ1) is 16.3. The van der Waals surface area contributed by atoms with Crippen LogP contribution in [0, 0.1) is 11.8 Å². The summed E-state index contributed by atoms with van der Waals surface area (Å²) in [5.74, 6) is -2.28. The number of likely N-dealkylation sites (tertiary alicyclic amines) is 1. The zero-order valence-electron chi connectivity index (χ0n) is 19.6. The van der Waals surface area contributed by atoms with Crippen molar-refractivity contribution in [1.82, 2.24) is 9.80 Å². The fourth-order valence-corrected chi connectivity index (χ4v) is 6.27. The lowest BCUT2D eigenvalue weighted by atomic mass is 9.75. The summed E-state index contributed by atoms with van der Waals surface area (Å²) in [6, 6.07) is 15.0. The number of ether oxygens (including phenoxy) is 1. The Kier molecular flexibility index (Phi) is 5.40. The summed E-state index contributed by atoms with van der Waals surface area (Å²) in [6.45, 7) is 2.17. The Morgan fingerprint density at radius 3 is 2.15 bits per heavy atom. The van der Waals surface area contributed by atoms with Crippen LogP contribution in [-0.2, 0) is 19.1 Å². The van der Waals surface area contributed by atoms with Crippen molar-refractivity contribution in [3.63, 3.8) is 0 Å². The first kappa shape index (κ1) is 22.5. The molecule has 0 unspecified atom stereocenters. The van der Waals surface area contributed by atoms with E-state index in [0.29, 0.717) is 18.5 Å². The van der Waals surface area contributed by atoms with Crippen LogP contribution in [0.25, 0.3) is 11.1 Å². The van der Waals surface area contributed by atoms with Gasteiger partial charge in [0.2, 0.25) is 11.8 Å². The average Bonchev–Trinajstić information content (AvgIpc) is 3.30. The second kappa shape index (κ2) is 8.17. The molecule has 0 saturated carbocycles. The van der Waals surface area contributed by atoms with Gasteiger partial charge in [0, 0.05) is 18.7 Å². The molecule has 2 aromatic rings. The van der Waals surface area contributed by atoms with E-state index in [-0.39, 0.29) is 23.6 Å². The fraction of sp³-hybridized carbons (Fsp3) is 0.407. The van der Waals surface area contributed by atoms with Crippen molar-refractivity contribution < 1.29 is 23.9 Å². The lowest BCUT2D eigenvalue weighted by Crippen LogP contribution is -2.59. The number of imide groups is 1. The monoisotopic (exact) mass is 460 g/mol. The number of nitrogens with zero attached hydrogens (tertiary/aromatic N) is 2. The van der Waals surface area contributed by atoms with Crippen molar-refractivity contribution in [3.05, 3.63) is 59.7 Å². The van der Waals surface area contributed by atoms with Gasteiger partial charge in [0.25, 0.3) is 0 Å². The van der Waals surface area contributed by atoms with Gasteiger partial charge in [-0.2, -0.15) is 0 Å². The Labute approximate surface area is 198 Å². The molecule has 4 atom stereocenters. The third kappa shape index (κ3) is 3.06. The highest BCUT2D eigenvalue weighted by Gasteiger charge is 2.72. The van der Waals surface area contributed by atoms with Crippen LogP contribution in [0.15, 0.2) is 48.5 Å². The molecule has 34 heavy (non-hydrogen) atoms. The maximum Gasteiger partial charge on any atom is 0.327 e. The van der Waals surface area contributed by atoms with Crippen LogP contribution in [0.1, 0.15) is 48.1 Å². The number of esters is 1. The van der Waals surface area contributed by atoms with Crippen LogP contribution in [0.3, 0.4) is 0 Å². The summed E-state index contributed by atoms with van der Waals surface area (Å²) in [5, 5.41) is 0. The zero-order chi connectivity index (χ0) is 24.2. The molecule has 0 N–H and O–H groups in total. The van der Waals surface area contributed by atoms with E-state index < -0.39 is 23.3 Å². The Morgan fingerprint density at radius 1 is 0.941 bits per heavy atom. The number of piperidine rings is 1. The molecule has 3 fully saturated rings. The minimum Gasteiger partial charge on any atom is -0.468 e. The summed E-state index contributed by atoms with van der Waals surface area (Å²) in [6.07, 6.45) is 2.21. The lowest BCUT2D eigenvalue weighted by molar-refractivity contribution is -0.163. The molecule has 7 heteroatoms. The quantitative estimate of drug-likeness (QED) is 0.396. The number of hydrogen-bond acceptors (Lipinski definition) is 6. The van der Waals surface area contributed by atoms with Gasteiger partial charge in [-0.15, -0.1) is 0 Å². The number of benzene rings is 2. The van der Waals surface area contributed by atoms with E-state index in [1.165, 1.54) is 19.1 Å². The summed E-state index contributed by atoms with van der Waals surface area (Å²) in [4.78, 5) is 54.5. The minimum atomic E-state index is -1.11. The van der Waals surface area contributed by atoms with Gasteiger partial charge in [0.05, 0.1) is 18.9 Å². The topological polar surface area (TPSA) is 84.0 Å². The van der Waals surface area contributed by atoms with Gasteiger partial charge in [-0.1, -0.05) is 48.5 Å². The molecule has 176 valence electrons. The van der Waals surface area contributed by atoms with Gasteiger partial charge in [0.1, 0.15) is 5.54 Å². The zero-order valence-corrected chi connectivity index (χ0v) is 19.6. The van der Waals surface area contributed by atoms with Crippen LogP contribution in [0.4, 0.5) is 0 Å². The number of carbonyl (C=O) groups excluding carboxylic acids is 4. The van der Waals surface area contributed by atoms with E-state index in [9.17, 15) is 19.2 Å². The highest BCUT2D eigenvalue weighted by molar-refractivity contribution is 6.09. The standard InChI is InChI=1S/C27H28N2O5/c1-16(30)17-6-8-18(9-7-17)19-10-12-20(13-11-19)23-21-22(25(32)28(2)24(21)31)27(26(33)34-3)14-4-5-15-29(23)27/h6-13,21-23H,4-5,14-15H2,1-3H3/t21-,22-,23-,27+/m1/s1. The van der Waals surface area contributed by atoms with Crippen LogP contribution in [0.2, 0.25) is 0 Å².